The Balaban J connectivity index is 1.62. The van der Waals surface area contributed by atoms with Crippen LogP contribution in [-0.2, 0) is 4.79 Å². The van der Waals surface area contributed by atoms with Gasteiger partial charge in [-0.2, -0.15) is 5.10 Å². The molecule has 0 unspecified atom stereocenters. The second-order valence-electron chi connectivity index (χ2n) is 8.54. The second kappa shape index (κ2) is 8.49. The first-order valence-electron chi connectivity index (χ1n) is 9.88. The Hall–Kier alpha value is -2.48. The highest BCUT2D eigenvalue weighted by molar-refractivity contribution is 7.18. The first-order valence-corrected chi connectivity index (χ1v) is 10.7. The minimum absolute atomic E-state index is 0.0457. The van der Waals surface area contributed by atoms with Crippen LogP contribution in [0.2, 0.25) is 0 Å². The van der Waals surface area contributed by atoms with Gasteiger partial charge < -0.3 is 15.1 Å². The molecule has 2 amide bonds. The number of anilines is 2. The number of thiophene rings is 1. The van der Waals surface area contributed by atoms with Crippen LogP contribution >= 0.6 is 11.3 Å². The van der Waals surface area contributed by atoms with Gasteiger partial charge in [0.05, 0.1) is 9.88 Å². The molecule has 0 saturated carbocycles. The normalized spacial score (nSPS) is 15.3. The first-order chi connectivity index (χ1) is 13.7. The molecule has 0 radical (unpaired) electrons. The number of carbonyl (C=O) groups is 2. The number of rotatable bonds is 4. The summed E-state index contributed by atoms with van der Waals surface area (Å²) in [5.41, 5.74) is 0.432. The van der Waals surface area contributed by atoms with Crippen molar-refractivity contribution in [1.82, 2.24) is 15.1 Å². The molecule has 0 aromatic carbocycles. The average Bonchev–Trinajstić information content (AvgIpc) is 3.07. The predicted molar refractivity (Wildman–Crippen MR) is 117 cm³/mol. The van der Waals surface area contributed by atoms with Gasteiger partial charge >= 0.3 is 0 Å². The van der Waals surface area contributed by atoms with Gasteiger partial charge in [0.2, 0.25) is 5.91 Å². The van der Waals surface area contributed by atoms with Gasteiger partial charge in [-0.25, -0.2) is 0 Å². The molecule has 1 fully saturated rings. The highest BCUT2D eigenvalue weighted by Gasteiger charge is 2.29. The number of hydrogen-bond acceptors (Lipinski definition) is 6. The van der Waals surface area contributed by atoms with E-state index in [0.29, 0.717) is 24.0 Å². The number of amides is 2. The number of nitrogens with zero attached hydrogens (tertiary/aromatic N) is 4. The van der Waals surface area contributed by atoms with Crippen LogP contribution in [0.3, 0.4) is 0 Å². The Bertz CT molecular complexity index is 867. The summed E-state index contributed by atoms with van der Waals surface area (Å²) in [4.78, 5) is 30.0. The van der Waals surface area contributed by atoms with Crippen LogP contribution in [0.4, 0.5) is 10.8 Å². The van der Waals surface area contributed by atoms with Crippen LogP contribution < -0.4 is 10.2 Å². The van der Waals surface area contributed by atoms with Crippen LogP contribution in [0.15, 0.2) is 24.4 Å². The number of piperidine rings is 1. The summed E-state index contributed by atoms with van der Waals surface area (Å²) in [5.74, 6) is 0.848. The number of likely N-dealkylation sites (tertiary alicyclic amines) is 1. The van der Waals surface area contributed by atoms with E-state index < -0.39 is 5.41 Å². The maximum atomic E-state index is 13.1. The van der Waals surface area contributed by atoms with Crippen molar-refractivity contribution in [3.63, 3.8) is 0 Å². The van der Waals surface area contributed by atoms with Crippen LogP contribution in [0, 0.1) is 12.3 Å². The van der Waals surface area contributed by atoms with Gasteiger partial charge in [0.1, 0.15) is 0 Å². The van der Waals surface area contributed by atoms with E-state index in [-0.39, 0.29) is 11.8 Å². The molecule has 1 aliphatic rings. The standard InChI is InChI=1S/C21H29N5O2S/c1-14-13-17(23-20(28)21(2,3)4)29-18(14)19(27)26-11-8-15(9-12-26)25(5)16-7-6-10-22-24-16/h6-7,10,13,15H,8-9,11-12H2,1-5H3,(H,23,28). The minimum Gasteiger partial charge on any atom is -0.355 e. The van der Waals surface area contributed by atoms with Crippen molar-refractivity contribution in [1.29, 1.82) is 0 Å². The summed E-state index contributed by atoms with van der Waals surface area (Å²) >= 11 is 1.36. The summed E-state index contributed by atoms with van der Waals surface area (Å²) in [5, 5.41) is 11.8. The number of nitrogens with one attached hydrogen (secondary N) is 1. The third-order valence-corrected chi connectivity index (χ3v) is 6.39. The van der Waals surface area contributed by atoms with Crippen LogP contribution in [0.5, 0.6) is 0 Å². The lowest BCUT2D eigenvalue weighted by molar-refractivity contribution is -0.123. The lowest BCUT2D eigenvalue weighted by atomic mass is 9.96. The highest BCUT2D eigenvalue weighted by atomic mass is 32.1. The van der Waals surface area contributed by atoms with Gasteiger partial charge in [0.25, 0.3) is 5.91 Å². The summed E-state index contributed by atoms with van der Waals surface area (Å²) in [6.07, 6.45) is 3.44. The molecule has 7 nitrogen and oxygen atoms in total. The lowest BCUT2D eigenvalue weighted by Crippen LogP contribution is -2.45. The molecule has 0 bridgehead atoms. The SMILES string of the molecule is Cc1cc(NC(=O)C(C)(C)C)sc1C(=O)N1CCC(N(C)c2cccnn2)CC1. The molecule has 0 atom stereocenters. The first kappa shape index (κ1) is 21.2. The largest absolute Gasteiger partial charge is 0.355 e. The maximum Gasteiger partial charge on any atom is 0.264 e. The monoisotopic (exact) mass is 415 g/mol. The Labute approximate surface area is 176 Å². The Morgan fingerprint density at radius 2 is 1.97 bits per heavy atom. The number of carbonyl (C=O) groups excluding carboxylic acids is 2. The molecule has 156 valence electrons. The van der Waals surface area contributed by atoms with E-state index in [1.165, 1.54) is 11.3 Å². The van der Waals surface area contributed by atoms with E-state index in [1.807, 2.05) is 57.8 Å². The van der Waals surface area contributed by atoms with Crippen LogP contribution in [0.25, 0.3) is 0 Å². The summed E-state index contributed by atoms with van der Waals surface area (Å²) in [6, 6.07) is 6.05. The van der Waals surface area contributed by atoms with Gasteiger partial charge in [-0.1, -0.05) is 20.8 Å². The number of aryl methyl sites for hydroxylation is 1. The smallest absolute Gasteiger partial charge is 0.264 e. The van der Waals surface area contributed by atoms with Crippen molar-refractivity contribution in [2.45, 2.75) is 46.6 Å². The molecule has 29 heavy (non-hydrogen) atoms. The van der Waals surface area contributed by atoms with E-state index in [9.17, 15) is 9.59 Å². The van der Waals surface area contributed by atoms with Crippen molar-refractivity contribution >= 4 is 34.0 Å². The summed E-state index contributed by atoms with van der Waals surface area (Å²) in [7, 11) is 2.03. The molecule has 3 heterocycles. The molecular weight excluding hydrogens is 386 g/mol. The molecule has 2 aromatic rings. The van der Waals surface area contributed by atoms with Crippen LogP contribution in [0.1, 0.15) is 48.8 Å². The molecule has 1 aliphatic heterocycles. The quantitative estimate of drug-likeness (QED) is 0.826. The van der Waals surface area contributed by atoms with Gasteiger partial charge in [0, 0.05) is 37.8 Å². The zero-order chi connectivity index (χ0) is 21.2. The Kier molecular flexibility index (Phi) is 6.21. The molecule has 1 saturated heterocycles. The number of hydrogen-bond donors (Lipinski definition) is 1. The third kappa shape index (κ3) is 4.93. The summed E-state index contributed by atoms with van der Waals surface area (Å²) < 4.78 is 0. The van der Waals surface area contributed by atoms with Gasteiger partial charge in [0.15, 0.2) is 5.82 Å². The second-order valence-corrected chi connectivity index (χ2v) is 9.60. The van der Waals surface area contributed by atoms with E-state index >= 15 is 0 Å². The predicted octanol–water partition coefficient (Wildman–Crippen LogP) is 3.57. The molecule has 2 aromatic heterocycles. The Morgan fingerprint density at radius 3 is 2.55 bits per heavy atom. The lowest BCUT2D eigenvalue weighted by Gasteiger charge is -2.37. The molecule has 0 aliphatic carbocycles. The fourth-order valence-corrected chi connectivity index (χ4v) is 4.36. The summed E-state index contributed by atoms with van der Waals surface area (Å²) in [6.45, 7) is 8.94. The van der Waals surface area contributed by atoms with Crippen molar-refractivity contribution in [3.8, 4) is 0 Å². The Morgan fingerprint density at radius 1 is 1.28 bits per heavy atom. The number of aromatic nitrogens is 2. The third-order valence-electron chi connectivity index (χ3n) is 5.25. The van der Waals surface area contributed by atoms with Crippen molar-refractivity contribution in [2.75, 3.05) is 30.4 Å². The maximum absolute atomic E-state index is 13.1. The van der Waals surface area contributed by atoms with E-state index in [0.717, 1.165) is 29.2 Å². The zero-order valence-electron chi connectivity index (χ0n) is 17.7. The minimum atomic E-state index is -0.473. The fraction of sp³-hybridized carbons (Fsp3) is 0.524. The van der Waals surface area contributed by atoms with E-state index in [4.69, 9.17) is 0 Å². The van der Waals surface area contributed by atoms with Crippen molar-refractivity contribution in [3.05, 3.63) is 34.8 Å². The van der Waals surface area contributed by atoms with Crippen LogP contribution in [-0.4, -0.2) is 53.1 Å². The van der Waals surface area contributed by atoms with Crippen molar-refractivity contribution in [2.24, 2.45) is 5.41 Å². The van der Waals surface area contributed by atoms with Crippen molar-refractivity contribution < 1.29 is 9.59 Å². The molecule has 3 rings (SSSR count). The molecular formula is C21H29N5O2S. The van der Waals surface area contributed by atoms with E-state index in [1.54, 1.807) is 6.20 Å². The molecule has 1 N–H and O–H groups in total. The molecule has 0 spiro atoms. The zero-order valence-corrected chi connectivity index (χ0v) is 18.5. The topological polar surface area (TPSA) is 78.4 Å². The van der Waals surface area contributed by atoms with Gasteiger partial charge in [-0.15, -0.1) is 16.4 Å². The van der Waals surface area contributed by atoms with E-state index in [2.05, 4.69) is 20.4 Å². The molecule has 8 heteroatoms. The van der Waals surface area contributed by atoms with Gasteiger partial charge in [-0.3, -0.25) is 9.59 Å². The highest BCUT2D eigenvalue weighted by Crippen LogP contribution is 2.30. The van der Waals surface area contributed by atoms with Gasteiger partial charge in [-0.05, 0) is 43.5 Å². The fourth-order valence-electron chi connectivity index (χ4n) is 3.32. The average molecular weight is 416 g/mol.